The van der Waals surface area contributed by atoms with Crippen molar-refractivity contribution in [2.24, 2.45) is 5.92 Å². The molecule has 0 N–H and O–H groups in total. The molecule has 0 heterocycles. The van der Waals surface area contributed by atoms with Gasteiger partial charge in [-0.3, -0.25) is 0 Å². The number of carbonyl (C=O) groups excluding carboxylic acids is 1. The summed E-state index contributed by atoms with van der Waals surface area (Å²) >= 11 is 3.40. The van der Waals surface area contributed by atoms with E-state index in [1.807, 2.05) is 24.3 Å². The normalized spacial score (nSPS) is 11.7. The molecule has 92 valence electrons. The van der Waals surface area contributed by atoms with Gasteiger partial charge in [0.2, 0.25) is 0 Å². The second kappa shape index (κ2) is 6.60. The molecule has 1 aromatic carbocycles. The molecular weight excluding hydrogens is 280 g/mol. The Balaban J connectivity index is 3.01. The van der Waals surface area contributed by atoms with E-state index in [1.54, 1.807) is 13.0 Å². The third-order valence-electron chi connectivity index (χ3n) is 2.36. The molecule has 0 unspecified atom stereocenters. The number of benzene rings is 1. The maximum atomic E-state index is 11.5. The average molecular weight is 297 g/mol. The summed E-state index contributed by atoms with van der Waals surface area (Å²) in [5, 5.41) is 0. The maximum absolute atomic E-state index is 11.5. The van der Waals surface area contributed by atoms with Gasteiger partial charge in [-0.25, -0.2) is 4.79 Å². The molecule has 2 nitrogen and oxygen atoms in total. The quantitative estimate of drug-likeness (QED) is 0.619. The van der Waals surface area contributed by atoms with Crippen molar-refractivity contribution in [1.82, 2.24) is 0 Å². The molecule has 0 aliphatic carbocycles. The highest BCUT2D eigenvalue weighted by Gasteiger charge is 2.09. The highest BCUT2D eigenvalue weighted by Crippen LogP contribution is 2.24. The third-order valence-corrected chi connectivity index (χ3v) is 2.89. The van der Waals surface area contributed by atoms with Gasteiger partial charge in [0, 0.05) is 10.5 Å². The summed E-state index contributed by atoms with van der Waals surface area (Å²) in [5.74, 6) is -0.000277. The third kappa shape index (κ3) is 4.35. The smallest absolute Gasteiger partial charge is 0.331 e. The first-order valence-electron chi connectivity index (χ1n) is 5.69. The first-order chi connectivity index (χ1) is 8.04. The fourth-order valence-electron chi connectivity index (χ4n) is 1.54. The Kier molecular flexibility index (Phi) is 5.42. The Hall–Kier alpha value is -1.09. The molecular formula is C14H17BrO2. The molecule has 0 spiro atoms. The summed E-state index contributed by atoms with van der Waals surface area (Å²) in [6, 6.07) is 7.93. The number of carbonyl (C=O) groups is 1. The van der Waals surface area contributed by atoms with Crippen LogP contribution in [0, 0.1) is 5.92 Å². The van der Waals surface area contributed by atoms with Crippen molar-refractivity contribution in [3.8, 4) is 0 Å². The molecule has 1 rings (SSSR count). The van der Waals surface area contributed by atoms with Crippen LogP contribution >= 0.6 is 15.9 Å². The lowest BCUT2D eigenvalue weighted by atomic mass is 9.95. The lowest BCUT2D eigenvalue weighted by Crippen LogP contribution is -2.03. The minimum atomic E-state index is -0.279. The highest BCUT2D eigenvalue weighted by atomic mass is 79.9. The molecule has 0 radical (unpaired) electrons. The maximum Gasteiger partial charge on any atom is 0.331 e. The fourth-order valence-corrected chi connectivity index (χ4v) is 1.80. The number of allylic oxidation sites excluding steroid dienone is 1. The summed E-state index contributed by atoms with van der Waals surface area (Å²) in [7, 11) is 0. The number of ether oxygens (including phenoxy) is 1. The van der Waals surface area contributed by atoms with Crippen molar-refractivity contribution in [1.29, 1.82) is 0 Å². The van der Waals surface area contributed by atoms with Gasteiger partial charge in [0.05, 0.1) is 6.61 Å². The molecule has 0 saturated carbocycles. The molecule has 0 aliphatic heterocycles. The zero-order valence-corrected chi connectivity index (χ0v) is 12.0. The predicted molar refractivity (Wildman–Crippen MR) is 73.6 cm³/mol. The minimum absolute atomic E-state index is 0.278. The summed E-state index contributed by atoms with van der Waals surface area (Å²) in [6.45, 7) is 6.33. The van der Waals surface area contributed by atoms with Crippen LogP contribution in [0.25, 0.3) is 5.57 Å². The van der Waals surface area contributed by atoms with Crippen molar-refractivity contribution >= 4 is 27.5 Å². The summed E-state index contributed by atoms with van der Waals surface area (Å²) in [4.78, 5) is 11.5. The van der Waals surface area contributed by atoms with Gasteiger partial charge in [-0.15, -0.1) is 0 Å². The van der Waals surface area contributed by atoms with Crippen LogP contribution < -0.4 is 0 Å². The van der Waals surface area contributed by atoms with Gasteiger partial charge < -0.3 is 4.74 Å². The minimum Gasteiger partial charge on any atom is -0.463 e. The molecule has 0 aromatic heterocycles. The molecule has 17 heavy (non-hydrogen) atoms. The molecule has 0 bridgehead atoms. The largest absolute Gasteiger partial charge is 0.463 e. The molecule has 0 atom stereocenters. The van der Waals surface area contributed by atoms with Crippen LogP contribution in [0.3, 0.4) is 0 Å². The van der Waals surface area contributed by atoms with E-state index in [-0.39, 0.29) is 11.9 Å². The summed E-state index contributed by atoms with van der Waals surface area (Å²) in [6.07, 6.45) is 1.58. The highest BCUT2D eigenvalue weighted by molar-refractivity contribution is 9.10. The van der Waals surface area contributed by atoms with Crippen LogP contribution in [0.1, 0.15) is 26.3 Å². The topological polar surface area (TPSA) is 26.3 Å². The summed E-state index contributed by atoms with van der Waals surface area (Å²) < 4.78 is 5.97. The van der Waals surface area contributed by atoms with Crippen molar-refractivity contribution in [2.45, 2.75) is 20.8 Å². The number of esters is 1. The van der Waals surface area contributed by atoms with Gasteiger partial charge >= 0.3 is 5.97 Å². The van der Waals surface area contributed by atoms with Crippen LogP contribution in [0.15, 0.2) is 34.8 Å². The molecule has 0 fully saturated rings. The van der Waals surface area contributed by atoms with E-state index in [0.717, 1.165) is 15.6 Å². The number of halogens is 1. The molecule has 1 aromatic rings. The standard InChI is InChI=1S/C14H17BrO2/c1-4-17-14(16)9-13(10(2)3)11-5-7-12(15)8-6-11/h5-10H,4H2,1-3H3. The predicted octanol–water partition coefficient (Wildman–Crippen LogP) is 4.05. The van der Waals surface area contributed by atoms with E-state index in [2.05, 4.69) is 29.8 Å². The Labute approximate surface area is 111 Å². The monoisotopic (exact) mass is 296 g/mol. The molecule has 0 saturated heterocycles. The number of hydrogen-bond acceptors (Lipinski definition) is 2. The van der Waals surface area contributed by atoms with E-state index in [4.69, 9.17) is 4.74 Å². The van der Waals surface area contributed by atoms with Gasteiger partial charge in [-0.1, -0.05) is 41.9 Å². The average Bonchev–Trinajstić information content (AvgIpc) is 2.27. The van der Waals surface area contributed by atoms with Gasteiger partial charge in [-0.2, -0.15) is 0 Å². The molecule has 3 heteroatoms. The lowest BCUT2D eigenvalue weighted by molar-refractivity contribution is -0.137. The van der Waals surface area contributed by atoms with Crippen LogP contribution in [0.5, 0.6) is 0 Å². The zero-order chi connectivity index (χ0) is 12.8. The SMILES string of the molecule is CCOC(=O)C=C(c1ccc(Br)cc1)C(C)C. The van der Waals surface area contributed by atoms with Gasteiger partial charge in [-0.05, 0) is 36.1 Å². The van der Waals surface area contributed by atoms with E-state index in [9.17, 15) is 4.79 Å². The molecule has 0 aliphatic rings. The second-order valence-corrected chi connectivity index (χ2v) is 4.93. The van der Waals surface area contributed by atoms with E-state index in [1.165, 1.54) is 0 Å². The van der Waals surface area contributed by atoms with E-state index >= 15 is 0 Å². The van der Waals surface area contributed by atoms with Crippen LogP contribution in [0.2, 0.25) is 0 Å². The first kappa shape index (κ1) is 14.0. The van der Waals surface area contributed by atoms with Gasteiger partial charge in [0.25, 0.3) is 0 Å². The first-order valence-corrected chi connectivity index (χ1v) is 6.48. The fraction of sp³-hybridized carbons (Fsp3) is 0.357. The number of hydrogen-bond donors (Lipinski definition) is 0. The van der Waals surface area contributed by atoms with E-state index in [0.29, 0.717) is 6.61 Å². The Bertz CT molecular complexity index is 405. The zero-order valence-electron chi connectivity index (χ0n) is 10.4. The Morgan fingerprint density at radius 2 is 1.94 bits per heavy atom. The van der Waals surface area contributed by atoms with Crippen molar-refractivity contribution in [3.05, 3.63) is 40.4 Å². The molecule has 0 amide bonds. The van der Waals surface area contributed by atoms with Crippen LogP contribution in [-0.2, 0) is 9.53 Å². The van der Waals surface area contributed by atoms with Crippen LogP contribution in [0.4, 0.5) is 0 Å². The van der Waals surface area contributed by atoms with Crippen molar-refractivity contribution < 1.29 is 9.53 Å². The Morgan fingerprint density at radius 3 is 2.41 bits per heavy atom. The van der Waals surface area contributed by atoms with Gasteiger partial charge in [0.15, 0.2) is 0 Å². The lowest BCUT2D eigenvalue weighted by Gasteiger charge is -2.11. The van der Waals surface area contributed by atoms with Crippen molar-refractivity contribution in [3.63, 3.8) is 0 Å². The summed E-state index contributed by atoms with van der Waals surface area (Å²) in [5.41, 5.74) is 2.05. The van der Waals surface area contributed by atoms with Crippen LogP contribution in [-0.4, -0.2) is 12.6 Å². The number of rotatable bonds is 4. The second-order valence-electron chi connectivity index (χ2n) is 4.01. The van der Waals surface area contributed by atoms with Gasteiger partial charge in [0.1, 0.15) is 0 Å². The Morgan fingerprint density at radius 1 is 1.35 bits per heavy atom. The van der Waals surface area contributed by atoms with Crippen molar-refractivity contribution in [2.75, 3.05) is 6.61 Å². The van der Waals surface area contributed by atoms with E-state index < -0.39 is 0 Å².